The van der Waals surface area contributed by atoms with Gasteiger partial charge in [0.15, 0.2) is 0 Å². The number of aliphatic hydroxyl groups is 1. The molecule has 0 aliphatic rings. The summed E-state index contributed by atoms with van der Waals surface area (Å²) in [6.45, 7) is 2.60. The Hall–Kier alpha value is 1.22. The SMILES string of the molecule is CCCCCCCCCO.[CaH2]. The molecule has 0 amide bonds. The van der Waals surface area contributed by atoms with E-state index in [4.69, 9.17) is 5.11 Å². The van der Waals surface area contributed by atoms with Crippen LogP contribution in [-0.2, 0) is 0 Å². The molecule has 0 saturated carbocycles. The van der Waals surface area contributed by atoms with Crippen LogP contribution in [0.25, 0.3) is 0 Å². The minimum absolute atomic E-state index is 0. The molecule has 11 heavy (non-hydrogen) atoms. The van der Waals surface area contributed by atoms with Gasteiger partial charge in [0, 0.05) is 6.61 Å². The molecule has 66 valence electrons. The molecule has 0 aromatic heterocycles. The summed E-state index contributed by atoms with van der Waals surface area (Å²) < 4.78 is 0. The van der Waals surface area contributed by atoms with Crippen LogP contribution < -0.4 is 0 Å². The van der Waals surface area contributed by atoms with Gasteiger partial charge in [0.2, 0.25) is 0 Å². The van der Waals surface area contributed by atoms with Crippen molar-refractivity contribution in [2.75, 3.05) is 6.61 Å². The maximum atomic E-state index is 8.47. The first-order valence-electron chi connectivity index (χ1n) is 4.52. The predicted octanol–water partition coefficient (Wildman–Crippen LogP) is 1.81. The van der Waals surface area contributed by atoms with E-state index in [9.17, 15) is 0 Å². The van der Waals surface area contributed by atoms with Gasteiger partial charge in [0.25, 0.3) is 0 Å². The second kappa shape index (κ2) is 13.8. The van der Waals surface area contributed by atoms with Crippen molar-refractivity contribution in [1.82, 2.24) is 0 Å². The van der Waals surface area contributed by atoms with E-state index in [1.807, 2.05) is 0 Å². The van der Waals surface area contributed by atoms with Crippen LogP contribution in [0, 0.1) is 0 Å². The average molecular weight is 186 g/mol. The molecule has 0 aromatic carbocycles. The van der Waals surface area contributed by atoms with E-state index in [2.05, 4.69) is 6.92 Å². The molecule has 0 saturated heterocycles. The molecule has 0 radical (unpaired) electrons. The van der Waals surface area contributed by atoms with Gasteiger partial charge in [-0.15, -0.1) is 0 Å². The Morgan fingerprint density at radius 1 is 0.818 bits per heavy atom. The molecule has 0 spiro atoms. The molecule has 0 rings (SSSR count). The summed E-state index contributed by atoms with van der Waals surface area (Å²) in [5.41, 5.74) is 0. The summed E-state index contributed by atoms with van der Waals surface area (Å²) in [6.07, 6.45) is 8.93. The molecule has 0 fully saturated rings. The maximum absolute atomic E-state index is 8.47. The standard InChI is InChI=1S/C9H20O.Ca.2H/c1-2-3-4-5-6-7-8-9-10;;;/h10H,2-9H2,1H3;;;. The molecule has 0 heterocycles. The van der Waals surface area contributed by atoms with Crippen LogP contribution in [0.1, 0.15) is 51.9 Å². The minimum atomic E-state index is 0. The topological polar surface area (TPSA) is 20.2 Å². The van der Waals surface area contributed by atoms with Crippen molar-refractivity contribution in [2.24, 2.45) is 0 Å². The summed E-state index contributed by atoms with van der Waals surface area (Å²) in [4.78, 5) is 0. The molecule has 1 nitrogen and oxygen atoms in total. The Morgan fingerprint density at radius 3 is 1.73 bits per heavy atom. The number of hydrogen-bond acceptors (Lipinski definition) is 1. The Kier molecular flexibility index (Phi) is 18.5. The summed E-state index contributed by atoms with van der Waals surface area (Å²) >= 11 is 0. The van der Waals surface area contributed by atoms with Gasteiger partial charge in [-0.1, -0.05) is 45.4 Å². The van der Waals surface area contributed by atoms with Crippen molar-refractivity contribution in [2.45, 2.75) is 51.9 Å². The van der Waals surface area contributed by atoms with Crippen molar-refractivity contribution < 1.29 is 5.11 Å². The summed E-state index contributed by atoms with van der Waals surface area (Å²) in [5, 5.41) is 8.47. The number of hydrogen-bond donors (Lipinski definition) is 1. The second-order valence-electron chi connectivity index (χ2n) is 2.84. The van der Waals surface area contributed by atoms with E-state index in [-0.39, 0.29) is 37.7 Å². The van der Waals surface area contributed by atoms with Crippen LogP contribution in [0.15, 0.2) is 0 Å². The van der Waals surface area contributed by atoms with Gasteiger partial charge in [-0.3, -0.25) is 0 Å². The van der Waals surface area contributed by atoms with Crippen LogP contribution in [0.4, 0.5) is 0 Å². The van der Waals surface area contributed by atoms with E-state index < -0.39 is 0 Å². The Labute approximate surface area is 101 Å². The van der Waals surface area contributed by atoms with Gasteiger partial charge in [-0.05, 0) is 6.42 Å². The zero-order valence-electron chi connectivity index (χ0n) is 7.10. The van der Waals surface area contributed by atoms with E-state index in [0.29, 0.717) is 6.61 Å². The molecular weight excluding hydrogens is 164 g/mol. The third kappa shape index (κ3) is 14.1. The number of unbranched alkanes of at least 4 members (excludes halogenated alkanes) is 6. The van der Waals surface area contributed by atoms with E-state index in [1.165, 1.54) is 38.5 Å². The molecule has 0 atom stereocenters. The monoisotopic (exact) mass is 186 g/mol. The molecule has 0 aromatic rings. The zero-order chi connectivity index (χ0) is 7.66. The molecule has 0 aliphatic heterocycles. The fourth-order valence-corrected chi connectivity index (χ4v) is 1.07. The van der Waals surface area contributed by atoms with Crippen molar-refractivity contribution in [3.8, 4) is 0 Å². The first-order valence-corrected chi connectivity index (χ1v) is 4.52. The number of aliphatic hydroxyl groups excluding tert-OH is 1. The van der Waals surface area contributed by atoms with Crippen molar-refractivity contribution >= 4 is 37.7 Å². The van der Waals surface area contributed by atoms with Gasteiger partial charge >= 0.3 is 37.7 Å². The van der Waals surface area contributed by atoms with Crippen molar-refractivity contribution in [3.05, 3.63) is 0 Å². The number of rotatable bonds is 7. The normalized spacial score (nSPS) is 9.27. The van der Waals surface area contributed by atoms with E-state index in [0.717, 1.165) is 6.42 Å². The third-order valence-corrected chi connectivity index (χ3v) is 1.76. The molecule has 1 N–H and O–H groups in total. The van der Waals surface area contributed by atoms with Crippen LogP contribution in [-0.4, -0.2) is 49.5 Å². The Balaban J connectivity index is 0. The van der Waals surface area contributed by atoms with Crippen LogP contribution in [0.2, 0.25) is 0 Å². The van der Waals surface area contributed by atoms with Crippen LogP contribution >= 0.6 is 0 Å². The van der Waals surface area contributed by atoms with Crippen molar-refractivity contribution in [3.63, 3.8) is 0 Å². The molecule has 0 bridgehead atoms. The van der Waals surface area contributed by atoms with Gasteiger partial charge in [0.1, 0.15) is 0 Å². The quantitative estimate of drug-likeness (QED) is 0.475. The van der Waals surface area contributed by atoms with Gasteiger partial charge in [0.05, 0.1) is 0 Å². The summed E-state index contributed by atoms with van der Waals surface area (Å²) in [7, 11) is 0. The molecule has 2 heteroatoms. The van der Waals surface area contributed by atoms with Gasteiger partial charge < -0.3 is 5.11 Å². The molecule has 0 unspecified atom stereocenters. The Morgan fingerprint density at radius 2 is 1.27 bits per heavy atom. The fourth-order valence-electron chi connectivity index (χ4n) is 1.07. The third-order valence-electron chi connectivity index (χ3n) is 1.76. The van der Waals surface area contributed by atoms with Crippen LogP contribution in [0.5, 0.6) is 0 Å². The average Bonchev–Trinajstić information content (AvgIpc) is 1.97. The van der Waals surface area contributed by atoms with E-state index >= 15 is 0 Å². The summed E-state index contributed by atoms with van der Waals surface area (Å²) in [5.74, 6) is 0. The Bertz CT molecular complexity index is 49.5. The van der Waals surface area contributed by atoms with E-state index in [1.54, 1.807) is 0 Å². The van der Waals surface area contributed by atoms with Gasteiger partial charge in [-0.25, -0.2) is 0 Å². The van der Waals surface area contributed by atoms with Crippen molar-refractivity contribution in [1.29, 1.82) is 0 Å². The fraction of sp³-hybridized carbons (Fsp3) is 1.00. The zero-order valence-corrected chi connectivity index (χ0v) is 7.10. The summed E-state index contributed by atoms with van der Waals surface area (Å²) in [6, 6.07) is 0. The van der Waals surface area contributed by atoms with Crippen LogP contribution in [0.3, 0.4) is 0 Å². The predicted molar refractivity (Wildman–Crippen MR) is 53.6 cm³/mol. The second-order valence-corrected chi connectivity index (χ2v) is 2.84. The van der Waals surface area contributed by atoms with Gasteiger partial charge in [-0.2, -0.15) is 0 Å². The first kappa shape index (κ1) is 14.7. The first-order chi connectivity index (χ1) is 4.91. The molecule has 0 aliphatic carbocycles. The molecular formula is C9H22CaO.